The van der Waals surface area contributed by atoms with Crippen molar-refractivity contribution >= 4 is 10.0 Å². The molecule has 5 nitrogen and oxygen atoms in total. The molecule has 112 valence electrons. The Balaban J connectivity index is 2.26. The van der Waals surface area contributed by atoms with E-state index in [4.69, 9.17) is 0 Å². The number of aromatic nitrogens is 1. The van der Waals surface area contributed by atoms with Crippen molar-refractivity contribution in [2.24, 2.45) is 0 Å². The largest absolute Gasteiger partial charge is 0.433 e. The molecule has 1 saturated heterocycles. The molecular weight excluding hydrogens is 297 g/mol. The molecule has 0 unspecified atom stereocenters. The molecule has 0 aromatic carbocycles. The molecular formula is C11H13F3N2O3S. The van der Waals surface area contributed by atoms with Gasteiger partial charge in [-0.05, 0) is 25.0 Å². The van der Waals surface area contributed by atoms with E-state index in [2.05, 4.69) is 4.98 Å². The van der Waals surface area contributed by atoms with Gasteiger partial charge in [0, 0.05) is 19.3 Å². The molecule has 1 aromatic heterocycles. The van der Waals surface area contributed by atoms with Gasteiger partial charge in [-0.15, -0.1) is 0 Å². The van der Waals surface area contributed by atoms with Crippen LogP contribution in [-0.4, -0.2) is 42.0 Å². The number of piperidine rings is 1. The molecule has 9 heteroatoms. The Morgan fingerprint density at radius 1 is 1.35 bits per heavy atom. The van der Waals surface area contributed by atoms with Crippen LogP contribution < -0.4 is 0 Å². The minimum atomic E-state index is -4.61. The molecule has 0 amide bonds. The zero-order valence-electron chi connectivity index (χ0n) is 10.3. The Morgan fingerprint density at radius 3 is 2.55 bits per heavy atom. The molecule has 1 fully saturated rings. The van der Waals surface area contributed by atoms with Crippen LogP contribution in [0.4, 0.5) is 13.2 Å². The molecule has 0 radical (unpaired) electrons. The minimum Gasteiger partial charge on any atom is -0.392 e. The third-order valence-electron chi connectivity index (χ3n) is 3.02. The van der Waals surface area contributed by atoms with Gasteiger partial charge in [-0.2, -0.15) is 17.5 Å². The Hall–Kier alpha value is -1.19. The smallest absolute Gasteiger partial charge is 0.392 e. The number of hydrogen-bond acceptors (Lipinski definition) is 4. The summed E-state index contributed by atoms with van der Waals surface area (Å²) < 4.78 is 62.5. The number of pyridine rings is 1. The van der Waals surface area contributed by atoms with Gasteiger partial charge in [-0.1, -0.05) is 0 Å². The van der Waals surface area contributed by atoms with Gasteiger partial charge in [0.2, 0.25) is 10.0 Å². The van der Waals surface area contributed by atoms with E-state index in [-0.39, 0.29) is 18.0 Å². The second kappa shape index (κ2) is 5.30. The first-order valence-corrected chi connectivity index (χ1v) is 7.37. The van der Waals surface area contributed by atoms with E-state index in [1.807, 2.05) is 0 Å². The van der Waals surface area contributed by atoms with Gasteiger partial charge in [0.25, 0.3) is 0 Å². The van der Waals surface area contributed by atoms with E-state index in [1.54, 1.807) is 0 Å². The molecule has 0 saturated carbocycles. The number of aliphatic hydroxyl groups is 1. The predicted molar refractivity (Wildman–Crippen MR) is 63.2 cm³/mol. The van der Waals surface area contributed by atoms with Gasteiger partial charge in [-0.3, -0.25) is 4.98 Å². The highest BCUT2D eigenvalue weighted by atomic mass is 32.2. The molecule has 2 heterocycles. The summed E-state index contributed by atoms with van der Waals surface area (Å²) in [4.78, 5) is 2.83. The van der Waals surface area contributed by atoms with Gasteiger partial charge in [-0.25, -0.2) is 8.42 Å². The van der Waals surface area contributed by atoms with Crippen molar-refractivity contribution in [2.75, 3.05) is 13.1 Å². The number of nitrogens with zero attached hydrogens (tertiary/aromatic N) is 2. The highest BCUT2D eigenvalue weighted by molar-refractivity contribution is 7.89. The van der Waals surface area contributed by atoms with E-state index < -0.39 is 28.0 Å². The van der Waals surface area contributed by atoms with Crippen LogP contribution in [0.15, 0.2) is 23.2 Å². The second-order valence-electron chi connectivity index (χ2n) is 4.54. The molecule has 0 spiro atoms. The van der Waals surface area contributed by atoms with Gasteiger partial charge in [0.15, 0.2) is 0 Å². The maximum absolute atomic E-state index is 12.4. The summed E-state index contributed by atoms with van der Waals surface area (Å²) in [6.07, 6.45) is -3.64. The monoisotopic (exact) mass is 310 g/mol. The molecule has 20 heavy (non-hydrogen) atoms. The first-order chi connectivity index (χ1) is 9.21. The first kappa shape index (κ1) is 15.2. The fourth-order valence-electron chi connectivity index (χ4n) is 1.99. The lowest BCUT2D eigenvalue weighted by Gasteiger charge is -2.29. The SMILES string of the molecule is O=S(=O)(c1ccc(C(F)(F)F)nc1)N1CCC[C@H](O)C1. The summed E-state index contributed by atoms with van der Waals surface area (Å²) in [5.74, 6) is 0. The van der Waals surface area contributed by atoms with Crippen LogP contribution in [0.5, 0.6) is 0 Å². The highest BCUT2D eigenvalue weighted by Gasteiger charge is 2.34. The Labute approximate surface area is 114 Å². The number of aliphatic hydroxyl groups excluding tert-OH is 1. The summed E-state index contributed by atoms with van der Waals surface area (Å²) in [7, 11) is -3.91. The average Bonchev–Trinajstić information content (AvgIpc) is 2.38. The molecule has 0 aliphatic carbocycles. The zero-order chi connectivity index (χ0) is 15.0. The third kappa shape index (κ3) is 3.10. The van der Waals surface area contributed by atoms with Gasteiger partial charge in [0.05, 0.1) is 6.10 Å². The number of hydrogen-bond donors (Lipinski definition) is 1. The minimum absolute atomic E-state index is 0.0522. The van der Waals surface area contributed by atoms with Crippen LogP contribution in [0.1, 0.15) is 18.5 Å². The fraction of sp³-hybridized carbons (Fsp3) is 0.545. The van der Waals surface area contributed by atoms with Crippen LogP contribution in [0.2, 0.25) is 0 Å². The Kier molecular flexibility index (Phi) is 4.03. The van der Waals surface area contributed by atoms with Crippen LogP contribution in [0.25, 0.3) is 0 Å². The molecule has 1 atom stereocenters. The van der Waals surface area contributed by atoms with Crippen molar-refractivity contribution in [3.8, 4) is 0 Å². The lowest BCUT2D eigenvalue weighted by Crippen LogP contribution is -2.42. The number of sulfonamides is 1. The number of halogens is 3. The molecule has 2 rings (SSSR count). The Morgan fingerprint density at radius 2 is 2.05 bits per heavy atom. The number of alkyl halides is 3. The lowest BCUT2D eigenvalue weighted by atomic mass is 10.1. The van der Waals surface area contributed by atoms with Gasteiger partial charge in [0.1, 0.15) is 10.6 Å². The standard InChI is InChI=1S/C11H13F3N2O3S/c12-11(13,14)10-4-3-9(6-15-10)20(18,19)16-5-1-2-8(17)7-16/h3-4,6,8,17H,1-2,5,7H2/t8-/m0/s1. The molecule has 1 aliphatic rings. The second-order valence-corrected chi connectivity index (χ2v) is 6.47. The molecule has 1 aliphatic heterocycles. The maximum Gasteiger partial charge on any atom is 0.433 e. The summed E-state index contributed by atoms with van der Waals surface area (Å²) in [6, 6.07) is 1.51. The Bertz CT molecular complexity index is 572. The van der Waals surface area contributed by atoms with E-state index in [1.165, 1.54) is 0 Å². The normalized spacial score (nSPS) is 21.9. The summed E-state index contributed by atoms with van der Waals surface area (Å²) in [5, 5.41) is 9.47. The fourth-order valence-corrected chi connectivity index (χ4v) is 3.45. The van der Waals surface area contributed by atoms with Crippen LogP contribution in [0, 0.1) is 0 Å². The first-order valence-electron chi connectivity index (χ1n) is 5.93. The van der Waals surface area contributed by atoms with Crippen molar-refractivity contribution < 1.29 is 26.7 Å². The predicted octanol–water partition coefficient (Wildman–Crippen LogP) is 1.25. The van der Waals surface area contributed by atoms with Crippen LogP contribution >= 0.6 is 0 Å². The van der Waals surface area contributed by atoms with E-state index in [0.29, 0.717) is 25.1 Å². The number of rotatable bonds is 2. The quantitative estimate of drug-likeness (QED) is 0.892. The van der Waals surface area contributed by atoms with Crippen molar-refractivity contribution in [3.63, 3.8) is 0 Å². The number of β-amino-alcohol motifs (C(OH)–C–C–N with tert-alkyl or cyclic N) is 1. The molecule has 0 bridgehead atoms. The molecule has 1 aromatic rings. The van der Waals surface area contributed by atoms with Crippen LogP contribution in [0.3, 0.4) is 0 Å². The van der Waals surface area contributed by atoms with Crippen molar-refractivity contribution in [1.82, 2.24) is 9.29 Å². The van der Waals surface area contributed by atoms with Crippen LogP contribution in [-0.2, 0) is 16.2 Å². The van der Waals surface area contributed by atoms with E-state index >= 15 is 0 Å². The topological polar surface area (TPSA) is 70.5 Å². The van der Waals surface area contributed by atoms with Gasteiger partial charge < -0.3 is 5.11 Å². The van der Waals surface area contributed by atoms with E-state index in [9.17, 15) is 26.7 Å². The average molecular weight is 310 g/mol. The zero-order valence-corrected chi connectivity index (χ0v) is 11.2. The van der Waals surface area contributed by atoms with Gasteiger partial charge >= 0.3 is 6.18 Å². The van der Waals surface area contributed by atoms with Crippen molar-refractivity contribution in [2.45, 2.75) is 30.0 Å². The van der Waals surface area contributed by atoms with Crippen molar-refractivity contribution in [1.29, 1.82) is 0 Å². The molecule has 1 N–H and O–H groups in total. The highest BCUT2D eigenvalue weighted by Crippen LogP contribution is 2.28. The van der Waals surface area contributed by atoms with E-state index in [0.717, 1.165) is 10.4 Å². The summed E-state index contributed by atoms with van der Waals surface area (Å²) in [5.41, 5.74) is -1.14. The van der Waals surface area contributed by atoms with Crippen molar-refractivity contribution in [3.05, 3.63) is 24.0 Å². The third-order valence-corrected chi connectivity index (χ3v) is 4.87. The summed E-state index contributed by atoms with van der Waals surface area (Å²) >= 11 is 0. The lowest BCUT2D eigenvalue weighted by molar-refractivity contribution is -0.141. The maximum atomic E-state index is 12.4. The summed E-state index contributed by atoms with van der Waals surface area (Å²) in [6.45, 7) is 0.184.